The molecule has 0 radical (unpaired) electrons. The van der Waals surface area contributed by atoms with Gasteiger partial charge in [-0.3, -0.25) is 4.79 Å². The molecule has 144 valence electrons. The molecule has 0 aliphatic carbocycles. The SMILES string of the molecule is COC(=O)c1ccc(S(=O)(=O)COc2ccc(CCNC(C)=O)cc2)cc1. The van der Waals surface area contributed by atoms with E-state index < -0.39 is 21.7 Å². The van der Waals surface area contributed by atoms with Gasteiger partial charge in [0.2, 0.25) is 15.7 Å². The molecule has 2 aromatic carbocycles. The number of amides is 1. The number of carbonyl (C=O) groups excluding carboxylic acids is 2. The highest BCUT2D eigenvalue weighted by molar-refractivity contribution is 7.91. The molecular weight excluding hydrogens is 370 g/mol. The number of nitrogens with one attached hydrogen (secondary N) is 1. The molecule has 27 heavy (non-hydrogen) atoms. The second-order valence-corrected chi connectivity index (χ2v) is 7.71. The van der Waals surface area contributed by atoms with E-state index in [1.165, 1.54) is 38.3 Å². The molecule has 0 aliphatic heterocycles. The largest absolute Gasteiger partial charge is 0.477 e. The topological polar surface area (TPSA) is 98.8 Å². The van der Waals surface area contributed by atoms with Gasteiger partial charge in [-0.05, 0) is 48.4 Å². The van der Waals surface area contributed by atoms with Gasteiger partial charge >= 0.3 is 5.97 Å². The molecule has 0 saturated heterocycles. The lowest BCUT2D eigenvalue weighted by Gasteiger charge is -2.09. The highest BCUT2D eigenvalue weighted by Gasteiger charge is 2.16. The molecule has 0 saturated carbocycles. The van der Waals surface area contributed by atoms with Crippen molar-refractivity contribution in [3.8, 4) is 5.75 Å². The van der Waals surface area contributed by atoms with E-state index in [-0.39, 0.29) is 16.4 Å². The minimum atomic E-state index is -3.66. The van der Waals surface area contributed by atoms with E-state index in [1.54, 1.807) is 12.1 Å². The quantitative estimate of drug-likeness (QED) is 0.691. The van der Waals surface area contributed by atoms with E-state index in [4.69, 9.17) is 4.74 Å². The number of rotatable bonds is 8. The zero-order valence-electron chi connectivity index (χ0n) is 15.1. The number of esters is 1. The van der Waals surface area contributed by atoms with Crippen LogP contribution in [0.3, 0.4) is 0 Å². The Hall–Kier alpha value is -2.87. The molecule has 0 heterocycles. The van der Waals surface area contributed by atoms with Crippen molar-refractivity contribution >= 4 is 21.7 Å². The molecular formula is C19H21NO6S. The summed E-state index contributed by atoms with van der Waals surface area (Å²) in [5.74, 6) is -0.711. The lowest BCUT2D eigenvalue weighted by molar-refractivity contribution is -0.118. The minimum Gasteiger partial charge on any atom is -0.477 e. The van der Waals surface area contributed by atoms with E-state index in [2.05, 4.69) is 10.1 Å². The van der Waals surface area contributed by atoms with Crippen molar-refractivity contribution in [2.24, 2.45) is 0 Å². The summed E-state index contributed by atoms with van der Waals surface area (Å²) in [6.45, 7) is 1.99. The van der Waals surface area contributed by atoms with Crippen molar-refractivity contribution in [2.75, 3.05) is 19.6 Å². The summed E-state index contributed by atoms with van der Waals surface area (Å²) in [5.41, 5.74) is 1.27. The molecule has 0 aromatic heterocycles. The van der Waals surface area contributed by atoms with Crippen LogP contribution >= 0.6 is 0 Å². The third-order valence-electron chi connectivity index (χ3n) is 3.73. The van der Waals surface area contributed by atoms with Gasteiger partial charge in [-0.15, -0.1) is 0 Å². The lowest BCUT2D eigenvalue weighted by Crippen LogP contribution is -2.22. The summed E-state index contributed by atoms with van der Waals surface area (Å²) >= 11 is 0. The predicted molar refractivity (Wildman–Crippen MR) is 99.3 cm³/mol. The Morgan fingerprint density at radius 3 is 2.19 bits per heavy atom. The maximum Gasteiger partial charge on any atom is 0.337 e. The van der Waals surface area contributed by atoms with Crippen LogP contribution in [-0.4, -0.2) is 39.9 Å². The first-order chi connectivity index (χ1) is 12.8. The van der Waals surface area contributed by atoms with E-state index >= 15 is 0 Å². The van der Waals surface area contributed by atoms with Gasteiger partial charge in [-0.25, -0.2) is 13.2 Å². The molecule has 0 unspecified atom stereocenters. The number of benzene rings is 2. The van der Waals surface area contributed by atoms with E-state index in [1.807, 2.05) is 12.1 Å². The van der Waals surface area contributed by atoms with Crippen LogP contribution in [0, 0.1) is 0 Å². The summed E-state index contributed by atoms with van der Waals surface area (Å²) < 4.78 is 34.6. The maximum absolute atomic E-state index is 12.3. The van der Waals surface area contributed by atoms with Crippen LogP contribution < -0.4 is 10.1 Å². The van der Waals surface area contributed by atoms with Crippen molar-refractivity contribution in [3.05, 3.63) is 59.7 Å². The van der Waals surface area contributed by atoms with Crippen molar-refractivity contribution in [2.45, 2.75) is 18.2 Å². The second kappa shape index (κ2) is 9.18. The molecule has 1 N–H and O–H groups in total. The molecule has 8 heteroatoms. The van der Waals surface area contributed by atoms with Crippen molar-refractivity contribution in [3.63, 3.8) is 0 Å². The molecule has 0 aliphatic rings. The molecule has 0 fully saturated rings. The number of ether oxygens (including phenoxy) is 2. The van der Waals surface area contributed by atoms with Gasteiger partial charge in [0, 0.05) is 13.5 Å². The summed E-state index contributed by atoms with van der Waals surface area (Å²) in [4.78, 5) is 22.3. The van der Waals surface area contributed by atoms with Crippen molar-refractivity contribution < 1.29 is 27.5 Å². The van der Waals surface area contributed by atoms with Crippen molar-refractivity contribution in [1.82, 2.24) is 5.32 Å². The smallest absolute Gasteiger partial charge is 0.337 e. The Morgan fingerprint density at radius 1 is 1.00 bits per heavy atom. The van der Waals surface area contributed by atoms with E-state index in [9.17, 15) is 18.0 Å². The molecule has 2 rings (SSSR count). The van der Waals surface area contributed by atoms with Crippen LogP contribution in [0.25, 0.3) is 0 Å². The first-order valence-corrected chi connectivity index (χ1v) is 9.84. The van der Waals surface area contributed by atoms with Crippen LogP contribution in [-0.2, 0) is 25.8 Å². The fourth-order valence-corrected chi connectivity index (χ4v) is 3.24. The zero-order valence-corrected chi connectivity index (χ0v) is 15.9. The number of sulfone groups is 1. The Kier molecular flexibility index (Phi) is 6.95. The van der Waals surface area contributed by atoms with Crippen LogP contribution in [0.2, 0.25) is 0 Å². The predicted octanol–water partition coefficient (Wildman–Crippen LogP) is 1.96. The number of hydrogen-bond donors (Lipinski definition) is 1. The van der Waals surface area contributed by atoms with Gasteiger partial charge in [0.25, 0.3) is 0 Å². The molecule has 1 amide bonds. The molecule has 7 nitrogen and oxygen atoms in total. The number of methoxy groups -OCH3 is 1. The average molecular weight is 391 g/mol. The standard InChI is InChI=1S/C19H21NO6S/c1-14(21)20-12-11-15-3-7-17(8-4-15)26-13-27(23,24)18-9-5-16(6-10-18)19(22)25-2/h3-10H,11-13H2,1-2H3,(H,20,21). The van der Waals surface area contributed by atoms with Gasteiger partial charge in [0.05, 0.1) is 17.6 Å². The Labute approximate surface area is 158 Å². The van der Waals surface area contributed by atoms with Gasteiger partial charge in [-0.1, -0.05) is 12.1 Å². The third kappa shape index (κ3) is 6.10. The van der Waals surface area contributed by atoms with E-state index in [0.29, 0.717) is 18.7 Å². The summed E-state index contributed by atoms with van der Waals surface area (Å²) in [7, 11) is -2.41. The number of carbonyl (C=O) groups is 2. The lowest BCUT2D eigenvalue weighted by atomic mass is 10.1. The summed E-state index contributed by atoms with van der Waals surface area (Å²) in [6, 6.07) is 12.5. The highest BCUT2D eigenvalue weighted by atomic mass is 32.2. The van der Waals surface area contributed by atoms with E-state index in [0.717, 1.165) is 5.56 Å². The fraction of sp³-hybridized carbons (Fsp3) is 0.263. The fourth-order valence-electron chi connectivity index (χ4n) is 2.27. The third-order valence-corrected chi connectivity index (χ3v) is 5.14. The summed E-state index contributed by atoms with van der Waals surface area (Å²) in [6.07, 6.45) is 0.671. The Balaban J connectivity index is 1.94. The molecule has 0 atom stereocenters. The van der Waals surface area contributed by atoms with Crippen LogP contribution in [0.5, 0.6) is 5.75 Å². The van der Waals surface area contributed by atoms with Crippen LogP contribution in [0.1, 0.15) is 22.8 Å². The Morgan fingerprint density at radius 2 is 1.63 bits per heavy atom. The molecule has 0 bridgehead atoms. The highest BCUT2D eigenvalue weighted by Crippen LogP contribution is 2.17. The van der Waals surface area contributed by atoms with Crippen molar-refractivity contribution in [1.29, 1.82) is 0 Å². The monoisotopic (exact) mass is 391 g/mol. The minimum absolute atomic E-state index is 0.0575. The number of hydrogen-bond acceptors (Lipinski definition) is 6. The molecule has 0 spiro atoms. The maximum atomic E-state index is 12.3. The molecule has 2 aromatic rings. The van der Waals surface area contributed by atoms with Gasteiger partial charge in [-0.2, -0.15) is 0 Å². The average Bonchev–Trinajstić information content (AvgIpc) is 2.66. The second-order valence-electron chi connectivity index (χ2n) is 5.77. The first kappa shape index (κ1) is 20.4. The van der Waals surface area contributed by atoms with Gasteiger partial charge in [0.1, 0.15) is 5.75 Å². The summed E-state index contributed by atoms with van der Waals surface area (Å²) in [5, 5.41) is 2.71. The Bertz CT molecular complexity index is 889. The van der Waals surface area contributed by atoms with Gasteiger partial charge < -0.3 is 14.8 Å². The van der Waals surface area contributed by atoms with Crippen LogP contribution in [0.15, 0.2) is 53.4 Å². The van der Waals surface area contributed by atoms with Gasteiger partial charge in [0.15, 0.2) is 5.94 Å². The first-order valence-electron chi connectivity index (χ1n) is 8.19. The zero-order chi connectivity index (χ0) is 19.9. The van der Waals surface area contributed by atoms with Crippen LogP contribution in [0.4, 0.5) is 0 Å². The normalized spacial score (nSPS) is 10.9.